The van der Waals surface area contributed by atoms with Gasteiger partial charge in [-0.1, -0.05) is 24.6 Å². The molecule has 3 rings (SSSR count). The van der Waals surface area contributed by atoms with Crippen LogP contribution in [0.2, 0.25) is 5.31 Å². The highest BCUT2D eigenvalue weighted by Crippen LogP contribution is 2.85. The minimum atomic E-state index is -4.92. The van der Waals surface area contributed by atoms with E-state index in [1.54, 1.807) is 0 Å². The largest absolute Gasteiger partial charge is 0.484 e. The Labute approximate surface area is 72.6 Å². The summed E-state index contributed by atoms with van der Waals surface area (Å²) in [7, 11) is 0. The van der Waals surface area contributed by atoms with Crippen LogP contribution in [0.3, 0.4) is 0 Å². The molecular weight excluding hydrogens is 190 g/mol. The molecule has 0 saturated heterocycles. The standard InChI is InChI=1S/C7H9BF5/c1-5(9,10)6-2-7(3-6,4-6)8(11,12)13/h2-4H2,1H3/q-1. The summed E-state index contributed by atoms with van der Waals surface area (Å²) >= 11 is 0. The van der Waals surface area contributed by atoms with Gasteiger partial charge in [-0.05, 0) is 6.92 Å². The molecule has 2 bridgehead atoms. The zero-order valence-corrected chi connectivity index (χ0v) is 7.09. The van der Waals surface area contributed by atoms with Crippen molar-refractivity contribution in [2.75, 3.05) is 0 Å². The van der Waals surface area contributed by atoms with E-state index in [4.69, 9.17) is 0 Å². The van der Waals surface area contributed by atoms with Crippen LogP contribution in [0.1, 0.15) is 26.2 Å². The van der Waals surface area contributed by atoms with E-state index >= 15 is 0 Å². The molecule has 3 saturated carbocycles. The maximum absolute atomic E-state index is 12.8. The fourth-order valence-corrected chi connectivity index (χ4v) is 2.68. The quantitative estimate of drug-likeness (QED) is 0.472. The van der Waals surface area contributed by atoms with Gasteiger partial charge in [-0.2, -0.15) is 0 Å². The lowest BCUT2D eigenvalue weighted by molar-refractivity contribution is -0.255. The van der Waals surface area contributed by atoms with Crippen molar-refractivity contribution < 1.29 is 21.7 Å². The van der Waals surface area contributed by atoms with E-state index in [-0.39, 0.29) is 19.3 Å². The molecule has 0 radical (unpaired) electrons. The molecule has 0 N–H and O–H groups in total. The average molecular weight is 199 g/mol. The molecule has 0 heterocycles. The van der Waals surface area contributed by atoms with Gasteiger partial charge in [-0.3, -0.25) is 0 Å². The van der Waals surface area contributed by atoms with Crippen LogP contribution in [0.15, 0.2) is 0 Å². The summed E-state index contributed by atoms with van der Waals surface area (Å²) in [4.78, 5) is 0. The van der Waals surface area contributed by atoms with Crippen molar-refractivity contribution in [3.63, 3.8) is 0 Å². The molecule has 0 aliphatic heterocycles. The Morgan fingerprint density at radius 1 is 1.08 bits per heavy atom. The minimum absolute atomic E-state index is 0.354. The second kappa shape index (κ2) is 1.88. The lowest BCUT2D eigenvalue weighted by Crippen LogP contribution is -2.70. The number of hydrogen-bond donors (Lipinski definition) is 0. The summed E-state index contributed by atoms with van der Waals surface area (Å²) in [5, 5.41) is -1.70. The van der Waals surface area contributed by atoms with Crippen molar-refractivity contribution >= 4 is 6.98 Å². The average Bonchev–Trinajstić information content (AvgIpc) is 1.41. The summed E-state index contributed by atoms with van der Waals surface area (Å²) in [5.41, 5.74) is -1.32. The van der Waals surface area contributed by atoms with E-state index in [0.717, 1.165) is 6.92 Å². The van der Waals surface area contributed by atoms with Crippen LogP contribution in [-0.4, -0.2) is 12.9 Å². The molecule has 3 aliphatic carbocycles. The molecule has 6 heteroatoms. The molecule has 0 nitrogen and oxygen atoms in total. The van der Waals surface area contributed by atoms with Gasteiger partial charge in [0.25, 0.3) is 5.92 Å². The molecule has 13 heavy (non-hydrogen) atoms. The Kier molecular flexibility index (Phi) is 1.34. The molecule has 3 fully saturated rings. The van der Waals surface area contributed by atoms with Gasteiger partial charge >= 0.3 is 6.98 Å². The Morgan fingerprint density at radius 3 is 1.69 bits per heavy atom. The van der Waals surface area contributed by atoms with Crippen LogP contribution in [0.25, 0.3) is 0 Å². The monoisotopic (exact) mass is 199 g/mol. The molecule has 76 valence electrons. The maximum atomic E-state index is 12.8. The van der Waals surface area contributed by atoms with Crippen LogP contribution in [0, 0.1) is 5.41 Å². The van der Waals surface area contributed by atoms with Crippen molar-refractivity contribution in [3.8, 4) is 0 Å². The van der Waals surface area contributed by atoms with Crippen molar-refractivity contribution in [1.29, 1.82) is 0 Å². The summed E-state index contributed by atoms with van der Waals surface area (Å²) in [6.45, 7) is -4.20. The first-order chi connectivity index (χ1) is 5.62. The summed E-state index contributed by atoms with van der Waals surface area (Å²) in [6, 6.07) is 0. The van der Waals surface area contributed by atoms with Crippen molar-refractivity contribution in [2.24, 2.45) is 5.41 Å². The Hall–Kier alpha value is -0.285. The Morgan fingerprint density at radius 2 is 1.46 bits per heavy atom. The molecule has 3 aliphatic rings. The van der Waals surface area contributed by atoms with Gasteiger partial charge in [0.05, 0.1) is 0 Å². The van der Waals surface area contributed by atoms with Crippen LogP contribution >= 0.6 is 0 Å². The second-order valence-corrected chi connectivity index (χ2v) is 4.64. The van der Waals surface area contributed by atoms with Crippen molar-refractivity contribution in [3.05, 3.63) is 0 Å². The van der Waals surface area contributed by atoms with Crippen LogP contribution in [-0.2, 0) is 0 Å². The van der Waals surface area contributed by atoms with E-state index in [1.807, 2.05) is 0 Å². The van der Waals surface area contributed by atoms with E-state index in [1.165, 1.54) is 0 Å². The summed E-state index contributed by atoms with van der Waals surface area (Å²) in [5.74, 6) is -2.95. The third-order valence-corrected chi connectivity index (χ3v) is 3.70. The van der Waals surface area contributed by atoms with Crippen LogP contribution in [0.4, 0.5) is 21.7 Å². The zero-order valence-electron chi connectivity index (χ0n) is 7.09. The zero-order chi connectivity index (χ0) is 10.1. The first-order valence-electron chi connectivity index (χ1n) is 4.19. The number of hydrogen-bond acceptors (Lipinski definition) is 0. The predicted molar refractivity (Wildman–Crippen MR) is 38.7 cm³/mol. The van der Waals surface area contributed by atoms with Gasteiger partial charge in [0.2, 0.25) is 0 Å². The Bertz CT molecular complexity index is 207. The second-order valence-electron chi connectivity index (χ2n) is 4.64. The van der Waals surface area contributed by atoms with Gasteiger partial charge in [-0.15, -0.1) is 0 Å². The van der Waals surface area contributed by atoms with Crippen molar-refractivity contribution in [1.82, 2.24) is 0 Å². The normalized spacial score (nSPS) is 43.8. The number of alkyl halides is 2. The predicted octanol–water partition coefficient (Wildman–Crippen LogP) is 3.41. The van der Waals surface area contributed by atoms with E-state index < -0.39 is 23.6 Å². The molecule has 0 atom stereocenters. The fraction of sp³-hybridized carbons (Fsp3) is 1.00. The number of halogens is 5. The highest BCUT2D eigenvalue weighted by atomic mass is 19.4. The summed E-state index contributed by atoms with van der Waals surface area (Å²) < 4.78 is 62.5. The molecule has 0 spiro atoms. The lowest BCUT2D eigenvalue weighted by Gasteiger charge is -2.76. The van der Waals surface area contributed by atoms with E-state index in [0.29, 0.717) is 0 Å². The number of rotatable bonds is 2. The molecule has 0 unspecified atom stereocenters. The first-order valence-corrected chi connectivity index (χ1v) is 4.19. The Balaban J connectivity index is 2.09. The highest BCUT2D eigenvalue weighted by molar-refractivity contribution is 6.63. The van der Waals surface area contributed by atoms with Gasteiger partial charge < -0.3 is 12.9 Å². The smallest absolute Gasteiger partial charge is 0.449 e. The molecule has 0 aromatic heterocycles. The summed E-state index contributed by atoms with van der Waals surface area (Å²) in [6.07, 6.45) is -1.06. The molecular formula is C7H9BF5-. The van der Waals surface area contributed by atoms with E-state index in [9.17, 15) is 21.7 Å². The lowest BCUT2D eigenvalue weighted by atomic mass is 9.23. The highest BCUT2D eigenvalue weighted by Gasteiger charge is 2.79. The first kappa shape index (κ1) is 9.28. The molecule has 0 aromatic carbocycles. The van der Waals surface area contributed by atoms with Gasteiger partial charge in [0.1, 0.15) is 0 Å². The van der Waals surface area contributed by atoms with Crippen LogP contribution < -0.4 is 0 Å². The van der Waals surface area contributed by atoms with E-state index in [2.05, 4.69) is 0 Å². The van der Waals surface area contributed by atoms with Gasteiger partial charge in [0.15, 0.2) is 0 Å². The SMILES string of the molecule is CC(F)(F)C12CC([B-](F)(F)F)(C1)C2. The molecule has 0 aromatic rings. The molecule has 0 amide bonds. The topological polar surface area (TPSA) is 0 Å². The van der Waals surface area contributed by atoms with Gasteiger partial charge in [0, 0.05) is 5.41 Å². The third kappa shape index (κ3) is 0.867. The van der Waals surface area contributed by atoms with Crippen LogP contribution in [0.5, 0.6) is 0 Å². The fourth-order valence-electron chi connectivity index (χ4n) is 2.68. The maximum Gasteiger partial charge on any atom is 0.484 e. The minimum Gasteiger partial charge on any atom is -0.449 e. The van der Waals surface area contributed by atoms with Crippen molar-refractivity contribution in [2.45, 2.75) is 37.4 Å². The van der Waals surface area contributed by atoms with Gasteiger partial charge in [-0.25, -0.2) is 8.78 Å². The third-order valence-electron chi connectivity index (χ3n) is 3.70.